The summed E-state index contributed by atoms with van der Waals surface area (Å²) in [5, 5.41) is 3.16. The third-order valence-electron chi connectivity index (χ3n) is 5.95. The summed E-state index contributed by atoms with van der Waals surface area (Å²) < 4.78 is 11.0. The zero-order valence-electron chi connectivity index (χ0n) is 16.4. The molecule has 2 aliphatic rings. The van der Waals surface area contributed by atoms with E-state index in [9.17, 15) is 4.79 Å². The largest absolute Gasteiger partial charge is 0.497 e. The van der Waals surface area contributed by atoms with Crippen LogP contribution < -0.4 is 14.8 Å². The number of nitrogens with zero attached hydrogens (tertiary/aromatic N) is 1. The van der Waals surface area contributed by atoms with E-state index >= 15 is 0 Å². The second kappa shape index (κ2) is 8.21. The number of hydrogen-bond donors (Lipinski definition) is 1. The predicted molar refractivity (Wildman–Crippen MR) is 107 cm³/mol. The molecule has 148 valence electrons. The fourth-order valence-corrected chi connectivity index (χ4v) is 4.01. The Hall–Kier alpha value is -2.56. The maximum atomic E-state index is 13.2. The van der Waals surface area contributed by atoms with E-state index in [-0.39, 0.29) is 5.91 Å². The van der Waals surface area contributed by atoms with Crippen LogP contribution in [-0.2, 0) is 16.8 Å². The minimum atomic E-state index is -0.440. The molecule has 28 heavy (non-hydrogen) atoms. The monoisotopic (exact) mass is 380 g/mol. The van der Waals surface area contributed by atoms with E-state index in [0.29, 0.717) is 18.3 Å². The number of pyridine rings is 1. The lowest BCUT2D eigenvalue weighted by Gasteiger charge is -2.28. The molecule has 0 saturated heterocycles. The number of hydrogen-bond acceptors (Lipinski definition) is 4. The van der Waals surface area contributed by atoms with Crippen molar-refractivity contribution >= 4 is 5.91 Å². The molecule has 5 nitrogen and oxygen atoms in total. The SMILES string of the molecule is COc1ccc(C2(C(=O)NCc3ccnc(OCC4CC4)c3)CCCC2)cc1. The molecule has 1 heterocycles. The van der Waals surface area contributed by atoms with Gasteiger partial charge in [-0.25, -0.2) is 4.98 Å². The molecule has 1 N–H and O–H groups in total. The summed E-state index contributed by atoms with van der Waals surface area (Å²) in [4.78, 5) is 17.5. The number of carbonyl (C=O) groups excluding carboxylic acids is 1. The molecule has 0 unspecified atom stereocenters. The van der Waals surface area contributed by atoms with E-state index in [4.69, 9.17) is 9.47 Å². The highest BCUT2D eigenvalue weighted by Crippen LogP contribution is 2.42. The summed E-state index contributed by atoms with van der Waals surface area (Å²) in [7, 11) is 1.66. The summed E-state index contributed by atoms with van der Waals surface area (Å²) in [6.07, 6.45) is 8.18. The lowest BCUT2D eigenvalue weighted by atomic mass is 9.78. The van der Waals surface area contributed by atoms with Crippen LogP contribution in [0.5, 0.6) is 11.6 Å². The van der Waals surface area contributed by atoms with Crippen LogP contribution in [0.2, 0.25) is 0 Å². The van der Waals surface area contributed by atoms with Gasteiger partial charge in [0.1, 0.15) is 5.75 Å². The maximum Gasteiger partial charge on any atom is 0.230 e. The number of methoxy groups -OCH3 is 1. The summed E-state index contributed by atoms with van der Waals surface area (Å²) in [6, 6.07) is 11.8. The van der Waals surface area contributed by atoms with Crippen molar-refractivity contribution in [3.63, 3.8) is 0 Å². The molecule has 0 radical (unpaired) electrons. The first-order valence-corrected chi connectivity index (χ1v) is 10.2. The maximum absolute atomic E-state index is 13.2. The molecule has 5 heteroatoms. The summed E-state index contributed by atoms with van der Waals surface area (Å²) >= 11 is 0. The third-order valence-corrected chi connectivity index (χ3v) is 5.95. The summed E-state index contributed by atoms with van der Waals surface area (Å²) in [6.45, 7) is 1.22. The number of ether oxygens (including phenoxy) is 2. The zero-order chi connectivity index (χ0) is 19.4. The third kappa shape index (κ3) is 4.13. The van der Waals surface area contributed by atoms with E-state index in [2.05, 4.69) is 10.3 Å². The Labute approximate surface area is 166 Å². The quantitative estimate of drug-likeness (QED) is 0.752. The molecule has 0 spiro atoms. The number of amides is 1. The standard InChI is InChI=1S/C23H28N2O3/c1-27-20-8-6-19(7-9-20)23(11-2-3-12-23)22(26)25-15-18-10-13-24-21(14-18)28-16-17-4-5-17/h6-10,13-14,17H,2-5,11-12,15-16H2,1H3,(H,25,26). The van der Waals surface area contributed by atoms with Gasteiger partial charge in [0.05, 0.1) is 19.1 Å². The molecule has 2 aromatic rings. The number of aromatic nitrogens is 1. The van der Waals surface area contributed by atoms with Crippen molar-refractivity contribution in [3.8, 4) is 11.6 Å². The topological polar surface area (TPSA) is 60.5 Å². The Morgan fingerprint density at radius 1 is 1.18 bits per heavy atom. The Bertz CT molecular complexity index is 809. The second-order valence-corrected chi connectivity index (χ2v) is 7.96. The van der Waals surface area contributed by atoms with Gasteiger partial charge in [-0.2, -0.15) is 0 Å². The van der Waals surface area contributed by atoms with Gasteiger partial charge in [0.25, 0.3) is 0 Å². The molecular weight excluding hydrogens is 352 g/mol. The molecular formula is C23H28N2O3. The summed E-state index contributed by atoms with van der Waals surface area (Å²) in [5.74, 6) is 2.25. The van der Waals surface area contributed by atoms with Gasteiger partial charge in [-0.15, -0.1) is 0 Å². The molecule has 2 saturated carbocycles. The van der Waals surface area contributed by atoms with Crippen LogP contribution >= 0.6 is 0 Å². The van der Waals surface area contributed by atoms with E-state index in [1.807, 2.05) is 36.4 Å². The summed E-state index contributed by atoms with van der Waals surface area (Å²) in [5.41, 5.74) is 1.65. The number of benzene rings is 1. The van der Waals surface area contributed by atoms with Crippen LogP contribution in [0.25, 0.3) is 0 Å². The van der Waals surface area contributed by atoms with Crippen LogP contribution in [-0.4, -0.2) is 24.6 Å². The molecule has 0 atom stereocenters. The van der Waals surface area contributed by atoms with Crippen molar-refractivity contribution in [1.82, 2.24) is 10.3 Å². The van der Waals surface area contributed by atoms with Crippen molar-refractivity contribution in [1.29, 1.82) is 0 Å². The lowest BCUT2D eigenvalue weighted by Crippen LogP contribution is -2.42. The highest BCUT2D eigenvalue weighted by molar-refractivity contribution is 5.88. The first-order valence-electron chi connectivity index (χ1n) is 10.2. The van der Waals surface area contributed by atoms with Gasteiger partial charge in [0.2, 0.25) is 11.8 Å². The molecule has 1 aromatic carbocycles. The molecule has 0 aliphatic heterocycles. The van der Waals surface area contributed by atoms with Crippen molar-refractivity contribution in [2.75, 3.05) is 13.7 Å². The van der Waals surface area contributed by atoms with Crippen LogP contribution in [0.3, 0.4) is 0 Å². The van der Waals surface area contributed by atoms with Gasteiger partial charge in [0, 0.05) is 18.8 Å². The fourth-order valence-electron chi connectivity index (χ4n) is 4.01. The van der Waals surface area contributed by atoms with Gasteiger partial charge in [-0.05, 0) is 60.9 Å². The molecule has 2 fully saturated rings. The first kappa shape index (κ1) is 18.8. The lowest BCUT2D eigenvalue weighted by molar-refractivity contribution is -0.126. The van der Waals surface area contributed by atoms with Gasteiger partial charge in [-0.1, -0.05) is 25.0 Å². The van der Waals surface area contributed by atoms with E-state index in [1.165, 1.54) is 12.8 Å². The normalized spacial score (nSPS) is 17.9. The second-order valence-electron chi connectivity index (χ2n) is 7.96. The molecule has 4 rings (SSSR count). The average molecular weight is 380 g/mol. The van der Waals surface area contributed by atoms with E-state index in [0.717, 1.165) is 49.2 Å². The van der Waals surface area contributed by atoms with Crippen LogP contribution in [0.1, 0.15) is 49.7 Å². The molecule has 1 amide bonds. The minimum Gasteiger partial charge on any atom is -0.497 e. The Morgan fingerprint density at radius 3 is 2.61 bits per heavy atom. The minimum absolute atomic E-state index is 0.104. The van der Waals surface area contributed by atoms with Gasteiger partial charge in [-0.3, -0.25) is 4.79 Å². The van der Waals surface area contributed by atoms with Crippen LogP contribution in [0, 0.1) is 5.92 Å². The van der Waals surface area contributed by atoms with Gasteiger partial charge < -0.3 is 14.8 Å². The smallest absolute Gasteiger partial charge is 0.230 e. The molecule has 0 bridgehead atoms. The number of rotatable bonds is 8. The Balaban J connectivity index is 1.42. The fraction of sp³-hybridized carbons (Fsp3) is 0.478. The Kier molecular flexibility index (Phi) is 5.51. The van der Waals surface area contributed by atoms with Crippen molar-refractivity contribution < 1.29 is 14.3 Å². The number of carbonyl (C=O) groups is 1. The van der Waals surface area contributed by atoms with Crippen molar-refractivity contribution in [3.05, 3.63) is 53.7 Å². The van der Waals surface area contributed by atoms with Crippen molar-refractivity contribution in [2.24, 2.45) is 5.92 Å². The predicted octanol–water partition coefficient (Wildman–Crippen LogP) is 4.01. The van der Waals surface area contributed by atoms with Crippen molar-refractivity contribution in [2.45, 2.75) is 50.5 Å². The zero-order valence-corrected chi connectivity index (χ0v) is 16.4. The van der Waals surface area contributed by atoms with E-state index < -0.39 is 5.41 Å². The van der Waals surface area contributed by atoms with E-state index in [1.54, 1.807) is 13.3 Å². The Morgan fingerprint density at radius 2 is 1.93 bits per heavy atom. The van der Waals surface area contributed by atoms with Crippen LogP contribution in [0.15, 0.2) is 42.6 Å². The number of nitrogens with one attached hydrogen (secondary N) is 1. The van der Waals surface area contributed by atoms with Crippen LogP contribution in [0.4, 0.5) is 0 Å². The molecule has 2 aliphatic carbocycles. The first-order chi connectivity index (χ1) is 13.7. The highest BCUT2D eigenvalue weighted by Gasteiger charge is 2.42. The average Bonchev–Trinajstić information content (AvgIpc) is 3.44. The van der Waals surface area contributed by atoms with Gasteiger partial charge in [0.15, 0.2) is 0 Å². The molecule has 1 aromatic heterocycles. The highest BCUT2D eigenvalue weighted by atomic mass is 16.5. The van der Waals surface area contributed by atoms with Gasteiger partial charge >= 0.3 is 0 Å².